The Bertz CT molecular complexity index is 656. The molecule has 0 spiro atoms. The normalized spacial score (nSPS) is 20.0. The van der Waals surface area contributed by atoms with E-state index in [1.54, 1.807) is 14.2 Å². The molecule has 0 aliphatic carbocycles. The quantitative estimate of drug-likeness (QED) is 0.676. The molecule has 0 N–H and O–H groups in total. The van der Waals surface area contributed by atoms with Crippen LogP contribution in [0.2, 0.25) is 0 Å². The van der Waals surface area contributed by atoms with Gasteiger partial charge in [-0.2, -0.15) is 0 Å². The molecule has 2 aromatic heterocycles. The highest BCUT2D eigenvalue weighted by Crippen LogP contribution is 2.29. The van der Waals surface area contributed by atoms with E-state index in [0.717, 1.165) is 25.2 Å². The van der Waals surface area contributed by atoms with Crippen molar-refractivity contribution in [2.45, 2.75) is 25.0 Å². The summed E-state index contributed by atoms with van der Waals surface area (Å²) in [6.45, 7) is 2.07. The zero-order valence-electron chi connectivity index (χ0n) is 14.7. The highest BCUT2D eigenvalue weighted by Gasteiger charge is 2.36. The van der Waals surface area contributed by atoms with E-state index in [4.69, 9.17) is 14.2 Å². The van der Waals surface area contributed by atoms with Gasteiger partial charge in [-0.05, 0) is 30.5 Å². The predicted molar refractivity (Wildman–Crippen MR) is 93.9 cm³/mol. The molecule has 0 saturated carbocycles. The number of nitrogens with zero attached hydrogens (tertiary/aromatic N) is 4. The maximum Gasteiger partial charge on any atom is 0.218 e. The molecule has 1 aliphatic rings. The minimum absolute atomic E-state index is 0.129. The Morgan fingerprint density at radius 1 is 1.16 bits per heavy atom. The highest BCUT2D eigenvalue weighted by molar-refractivity contribution is 5.44. The van der Waals surface area contributed by atoms with Crippen molar-refractivity contribution in [3.8, 4) is 5.88 Å². The van der Waals surface area contributed by atoms with E-state index in [1.807, 2.05) is 30.6 Å². The fourth-order valence-electron chi connectivity index (χ4n) is 3.19. The number of rotatable bonds is 8. The fourth-order valence-corrected chi connectivity index (χ4v) is 3.19. The molecule has 2 aromatic rings. The smallest absolute Gasteiger partial charge is 0.218 e. The second-order valence-electron chi connectivity index (χ2n) is 5.93. The Labute approximate surface area is 148 Å². The maximum absolute atomic E-state index is 6.08. The highest BCUT2D eigenvalue weighted by atomic mass is 16.5. The molecule has 0 amide bonds. The molecule has 0 aromatic carbocycles. The lowest BCUT2D eigenvalue weighted by molar-refractivity contribution is 0.0137. The SMILES string of the molecule is COCCO[C@H]1CCN(c2cc(OC)ncn2)[C@H]1Cc1ccncc1. The average molecular weight is 344 g/mol. The van der Waals surface area contributed by atoms with Crippen molar-refractivity contribution >= 4 is 5.82 Å². The number of aromatic nitrogens is 3. The van der Waals surface area contributed by atoms with Gasteiger partial charge in [-0.3, -0.25) is 4.98 Å². The average Bonchev–Trinajstić information content (AvgIpc) is 3.05. The van der Waals surface area contributed by atoms with Gasteiger partial charge in [0, 0.05) is 32.1 Å². The van der Waals surface area contributed by atoms with Gasteiger partial charge in [0.25, 0.3) is 0 Å². The van der Waals surface area contributed by atoms with Crippen LogP contribution in [0.15, 0.2) is 36.9 Å². The molecule has 1 fully saturated rings. The van der Waals surface area contributed by atoms with Gasteiger partial charge in [-0.15, -0.1) is 0 Å². The number of ether oxygens (including phenoxy) is 3. The minimum atomic E-state index is 0.129. The summed E-state index contributed by atoms with van der Waals surface area (Å²) in [5.41, 5.74) is 1.23. The molecule has 1 aliphatic heterocycles. The monoisotopic (exact) mass is 344 g/mol. The van der Waals surface area contributed by atoms with Gasteiger partial charge < -0.3 is 19.1 Å². The lowest BCUT2D eigenvalue weighted by atomic mass is 10.0. The van der Waals surface area contributed by atoms with Crippen LogP contribution < -0.4 is 9.64 Å². The Morgan fingerprint density at radius 3 is 2.76 bits per heavy atom. The first-order chi connectivity index (χ1) is 12.3. The Morgan fingerprint density at radius 2 is 2.00 bits per heavy atom. The summed E-state index contributed by atoms with van der Waals surface area (Å²) in [7, 11) is 3.30. The molecule has 2 atom stereocenters. The van der Waals surface area contributed by atoms with Crippen molar-refractivity contribution in [1.82, 2.24) is 15.0 Å². The van der Waals surface area contributed by atoms with Gasteiger partial charge in [0.1, 0.15) is 12.1 Å². The fraction of sp³-hybridized carbons (Fsp3) is 0.500. The van der Waals surface area contributed by atoms with Crippen molar-refractivity contribution in [2.75, 3.05) is 38.9 Å². The number of methoxy groups -OCH3 is 2. The maximum atomic E-state index is 6.08. The van der Waals surface area contributed by atoms with Gasteiger partial charge in [0.05, 0.1) is 32.5 Å². The molecule has 25 heavy (non-hydrogen) atoms. The van der Waals surface area contributed by atoms with E-state index in [1.165, 1.54) is 11.9 Å². The van der Waals surface area contributed by atoms with Crippen LogP contribution in [0.5, 0.6) is 5.88 Å². The third kappa shape index (κ3) is 4.43. The van der Waals surface area contributed by atoms with Crippen LogP contribution in [0.3, 0.4) is 0 Å². The summed E-state index contributed by atoms with van der Waals surface area (Å²) in [4.78, 5) is 14.9. The van der Waals surface area contributed by atoms with Crippen molar-refractivity contribution < 1.29 is 14.2 Å². The van der Waals surface area contributed by atoms with E-state index in [2.05, 4.69) is 19.9 Å². The van der Waals surface area contributed by atoms with Crippen molar-refractivity contribution in [3.63, 3.8) is 0 Å². The van der Waals surface area contributed by atoms with E-state index >= 15 is 0 Å². The number of anilines is 1. The summed E-state index contributed by atoms with van der Waals surface area (Å²) in [5.74, 6) is 1.43. The second kappa shape index (κ2) is 8.73. The molecule has 3 rings (SSSR count). The molecular formula is C18H24N4O3. The van der Waals surface area contributed by atoms with E-state index in [-0.39, 0.29) is 12.1 Å². The lowest BCUT2D eigenvalue weighted by Gasteiger charge is -2.29. The number of pyridine rings is 1. The van der Waals surface area contributed by atoms with Gasteiger partial charge in [0.2, 0.25) is 5.88 Å². The molecule has 7 heteroatoms. The summed E-state index contributed by atoms with van der Waals surface area (Å²) in [6, 6.07) is 6.16. The van der Waals surface area contributed by atoms with E-state index < -0.39 is 0 Å². The first kappa shape index (κ1) is 17.6. The van der Waals surface area contributed by atoms with Crippen LogP contribution in [0.25, 0.3) is 0 Å². The van der Waals surface area contributed by atoms with Gasteiger partial charge in [-0.1, -0.05) is 0 Å². The molecule has 0 unspecified atom stereocenters. The zero-order valence-corrected chi connectivity index (χ0v) is 14.7. The zero-order chi connectivity index (χ0) is 17.5. The summed E-state index contributed by atoms with van der Waals surface area (Å²) in [5, 5.41) is 0. The predicted octanol–water partition coefficient (Wildman–Crippen LogP) is 1.73. The first-order valence-electron chi connectivity index (χ1n) is 8.44. The number of hydrogen-bond donors (Lipinski definition) is 0. The van der Waals surface area contributed by atoms with Crippen LogP contribution in [-0.2, 0) is 15.9 Å². The Hall–Kier alpha value is -2.25. The van der Waals surface area contributed by atoms with Gasteiger partial charge >= 0.3 is 0 Å². The largest absolute Gasteiger partial charge is 0.481 e. The topological polar surface area (TPSA) is 69.6 Å². The van der Waals surface area contributed by atoms with Crippen LogP contribution in [0.1, 0.15) is 12.0 Å². The minimum Gasteiger partial charge on any atom is -0.481 e. The number of hydrogen-bond acceptors (Lipinski definition) is 7. The molecule has 134 valence electrons. The third-order valence-electron chi connectivity index (χ3n) is 4.43. The van der Waals surface area contributed by atoms with Crippen molar-refractivity contribution in [2.24, 2.45) is 0 Å². The van der Waals surface area contributed by atoms with Crippen LogP contribution in [0.4, 0.5) is 5.82 Å². The molecular weight excluding hydrogens is 320 g/mol. The molecule has 7 nitrogen and oxygen atoms in total. The standard InChI is InChI=1S/C18H24N4O3/c1-23-9-10-25-16-5-8-22(17-12-18(24-2)21-13-20-17)15(16)11-14-3-6-19-7-4-14/h3-4,6-7,12-13,15-16H,5,8-11H2,1-2H3/t15-,16-/m0/s1. The lowest BCUT2D eigenvalue weighted by Crippen LogP contribution is -2.39. The first-order valence-corrected chi connectivity index (χ1v) is 8.44. The van der Waals surface area contributed by atoms with E-state index in [9.17, 15) is 0 Å². The summed E-state index contributed by atoms with van der Waals surface area (Å²) < 4.78 is 16.4. The van der Waals surface area contributed by atoms with Crippen LogP contribution in [0, 0.1) is 0 Å². The van der Waals surface area contributed by atoms with Crippen LogP contribution in [-0.4, -0.2) is 61.1 Å². The summed E-state index contributed by atoms with van der Waals surface area (Å²) >= 11 is 0. The molecule has 0 bridgehead atoms. The van der Waals surface area contributed by atoms with E-state index in [0.29, 0.717) is 19.1 Å². The van der Waals surface area contributed by atoms with Crippen LogP contribution >= 0.6 is 0 Å². The van der Waals surface area contributed by atoms with Crippen molar-refractivity contribution in [3.05, 3.63) is 42.5 Å². The molecule has 1 saturated heterocycles. The molecule has 0 radical (unpaired) electrons. The Kier molecular flexibility index (Phi) is 6.14. The van der Waals surface area contributed by atoms with Crippen molar-refractivity contribution in [1.29, 1.82) is 0 Å². The Balaban J connectivity index is 1.79. The third-order valence-corrected chi connectivity index (χ3v) is 4.43. The second-order valence-corrected chi connectivity index (χ2v) is 5.93. The van der Waals surface area contributed by atoms with Gasteiger partial charge in [-0.25, -0.2) is 9.97 Å². The van der Waals surface area contributed by atoms with Gasteiger partial charge in [0.15, 0.2) is 0 Å². The summed E-state index contributed by atoms with van der Waals surface area (Å²) in [6.07, 6.45) is 7.13. The molecule has 3 heterocycles.